The summed E-state index contributed by atoms with van der Waals surface area (Å²) in [4.78, 5) is 0. The number of benzene rings is 1. The molecule has 1 unspecified atom stereocenters. The van der Waals surface area contributed by atoms with Gasteiger partial charge < -0.3 is 4.74 Å². The van der Waals surface area contributed by atoms with Crippen molar-refractivity contribution in [2.45, 2.75) is 20.0 Å². The lowest BCUT2D eigenvalue weighted by molar-refractivity contribution is 0.0764. The maximum atomic E-state index is 5.46. The van der Waals surface area contributed by atoms with Crippen LogP contribution in [0.15, 0.2) is 28.7 Å². The summed E-state index contributed by atoms with van der Waals surface area (Å²) in [5.41, 5.74) is 1.21. The van der Waals surface area contributed by atoms with Crippen molar-refractivity contribution < 1.29 is 4.74 Å². The zero-order valence-electron chi connectivity index (χ0n) is 7.38. The van der Waals surface area contributed by atoms with Gasteiger partial charge in [0.05, 0.1) is 6.10 Å². The molecule has 0 radical (unpaired) electrons. The predicted octanol–water partition coefficient (Wildman–Crippen LogP) is 3.55. The molecule has 0 amide bonds. The Morgan fingerprint density at radius 3 is 2.83 bits per heavy atom. The van der Waals surface area contributed by atoms with Crippen LogP contribution >= 0.6 is 15.9 Å². The van der Waals surface area contributed by atoms with E-state index in [1.54, 1.807) is 0 Å². The third-order valence-corrected chi connectivity index (χ3v) is 2.23. The lowest BCUT2D eigenvalue weighted by atomic mass is 10.1. The van der Waals surface area contributed by atoms with Gasteiger partial charge >= 0.3 is 0 Å². The first-order valence-electron chi connectivity index (χ1n) is 4.11. The van der Waals surface area contributed by atoms with Crippen LogP contribution in [0.1, 0.15) is 25.5 Å². The lowest BCUT2D eigenvalue weighted by Crippen LogP contribution is -1.98. The highest BCUT2D eigenvalue weighted by Crippen LogP contribution is 2.20. The van der Waals surface area contributed by atoms with Gasteiger partial charge in [-0.05, 0) is 31.5 Å². The topological polar surface area (TPSA) is 9.23 Å². The van der Waals surface area contributed by atoms with Crippen molar-refractivity contribution in [2.24, 2.45) is 0 Å². The molecule has 0 aliphatic rings. The Labute approximate surface area is 81.9 Å². The van der Waals surface area contributed by atoms with E-state index in [0.29, 0.717) is 0 Å². The second-order valence-electron chi connectivity index (χ2n) is 2.65. The Balaban J connectivity index is 2.73. The number of ether oxygens (including phenoxy) is 1. The summed E-state index contributed by atoms with van der Waals surface area (Å²) in [5, 5.41) is 0. The molecule has 12 heavy (non-hydrogen) atoms. The van der Waals surface area contributed by atoms with E-state index in [-0.39, 0.29) is 6.10 Å². The minimum Gasteiger partial charge on any atom is -0.374 e. The molecule has 1 aromatic carbocycles. The van der Waals surface area contributed by atoms with Crippen molar-refractivity contribution >= 4 is 15.9 Å². The van der Waals surface area contributed by atoms with Gasteiger partial charge in [0.25, 0.3) is 0 Å². The summed E-state index contributed by atoms with van der Waals surface area (Å²) in [6.45, 7) is 4.83. The standard InChI is InChI=1S/C10H13BrO/c1-3-12-8(2)9-5-4-6-10(11)7-9/h4-8H,3H2,1-2H3. The molecule has 0 heterocycles. The van der Waals surface area contributed by atoms with Crippen LogP contribution in [0.2, 0.25) is 0 Å². The summed E-state index contributed by atoms with van der Waals surface area (Å²) in [6, 6.07) is 8.20. The first-order chi connectivity index (χ1) is 5.74. The molecular weight excluding hydrogens is 216 g/mol. The number of hydrogen-bond acceptors (Lipinski definition) is 1. The largest absolute Gasteiger partial charge is 0.374 e. The molecular formula is C10H13BrO. The van der Waals surface area contributed by atoms with E-state index in [2.05, 4.69) is 35.0 Å². The van der Waals surface area contributed by atoms with E-state index in [1.165, 1.54) is 5.56 Å². The fourth-order valence-electron chi connectivity index (χ4n) is 1.11. The Morgan fingerprint density at radius 1 is 1.50 bits per heavy atom. The molecule has 1 nitrogen and oxygen atoms in total. The summed E-state index contributed by atoms with van der Waals surface area (Å²) in [6.07, 6.45) is 0.187. The average molecular weight is 229 g/mol. The maximum absolute atomic E-state index is 5.46. The van der Waals surface area contributed by atoms with Crippen LogP contribution in [0.25, 0.3) is 0 Å². The van der Waals surface area contributed by atoms with Crippen LogP contribution in [0, 0.1) is 0 Å². The number of hydrogen-bond donors (Lipinski definition) is 0. The third kappa shape index (κ3) is 2.61. The predicted molar refractivity (Wildman–Crippen MR) is 54.2 cm³/mol. The second kappa shape index (κ2) is 4.63. The molecule has 0 aliphatic heterocycles. The molecule has 1 atom stereocenters. The molecule has 0 aliphatic carbocycles. The first-order valence-corrected chi connectivity index (χ1v) is 4.90. The molecule has 1 rings (SSSR count). The van der Waals surface area contributed by atoms with E-state index in [1.807, 2.05) is 19.1 Å². The van der Waals surface area contributed by atoms with Crippen molar-refractivity contribution in [1.29, 1.82) is 0 Å². The summed E-state index contributed by atoms with van der Waals surface area (Å²) in [5.74, 6) is 0. The fraction of sp³-hybridized carbons (Fsp3) is 0.400. The molecule has 0 bridgehead atoms. The maximum Gasteiger partial charge on any atom is 0.0797 e. The molecule has 0 N–H and O–H groups in total. The normalized spacial score (nSPS) is 12.9. The van der Waals surface area contributed by atoms with Gasteiger partial charge in [0, 0.05) is 11.1 Å². The number of halogens is 1. The van der Waals surface area contributed by atoms with Gasteiger partial charge in [-0.25, -0.2) is 0 Å². The van der Waals surface area contributed by atoms with Gasteiger partial charge in [-0.1, -0.05) is 28.1 Å². The Kier molecular flexibility index (Phi) is 3.76. The SMILES string of the molecule is CCOC(C)c1cccc(Br)c1. The summed E-state index contributed by atoms with van der Waals surface area (Å²) in [7, 11) is 0. The van der Waals surface area contributed by atoms with Crippen molar-refractivity contribution in [3.8, 4) is 0 Å². The summed E-state index contributed by atoms with van der Waals surface area (Å²) < 4.78 is 6.57. The summed E-state index contributed by atoms with van der Waals surface area (Å²) >= 11 is 3.43. The van der Waals surface area contributed by atoms with Crippen LogP contribution < -0.4 is 0 Å². The van der Waals surface area contributed by atoms with Crippen LogP contribution in [0.4, 0.5) is 0 Å². The monoisotopic (exact) mass is 228 g/mol. The fourth-order valence-corrected chi connectivity index (χ4v) is 1.52. The van der Waals surface area contributed by atoms with E-state index in [4.69, 9.17) is 4.74 Å². The molecule has 66 valence electrons. The Bertz CT molecular complexity index is 247. The minimum atomic E-state index is 0.187. The molecule has 2 heteroatoms. The number of rotatable bonds is 3. The Hall–Kier alpha value is -0.340. The molecule has 1 aromatic rings. The zero-order valence-corrected chi connectivity index (χ0v) is 8.97. The highest BCUT2D eigenvalue weighted by molar-refractivity contribution is 9.10. The van der Waals surface area contributed by atoms with Crippen molar-refractivity contribution in [3.05, 3.63) is 34.3 Å². The molecule has 0 spiro atoms. The highest BCUT2D eigenvalue weighted by Gasteiger charge is 2.03. The van der Waals surface area contributed by atoms with Gasteiger partial charge in [0.2, 0.25) is 0 Å². The third-order valence-electron chi connectivity index (χ3n) is 1.73. The molecule has 0 aromatic heterocycles. The van der Waals surface area contributed by atoms with Crippen LogP contribution in [0.5, 0.6) is 0 Å². The van der Waals surface area contributed by atoms with Crippen LogP contribution in [-0.2, 0) is 4.74 Å². The van der Waals surface area contributed by atoms with Crippen molar-refractivity contribution in [1.82, 2.24) is 0 Å². The van der Waals surface area contributed by atoms with Gasteiger partial charge in [0.1, 0.15) is 0 Å². The minimum absolute atomic E-state index is 0.187. The van der Waals surface area contributed by atoms with Crippen LogP contribution in [-0.4, -0.2) is 6.61 Å². The van der Waals surface area contributed by atoms with Gasteiger partial charge in [0.15, 0.2) is 0 Å². The zero-order chi connectivity index (χ0) is 8.97. The van der Waals surface area contributed by atoms with E-state index in [9.17, 15) is 0 Å². The van der Waals surface area contributed by atoms with E-state index >= 15 is 0 Å². The van der Waals surface area contributed by atoms with E-state index in [0.717, 1.165) is 11.1 Å². The van der Waals surface area contributed by atoms with Gasteiger partial charge in [-0.3, -0.25) is 0 Å². The van der Waals surface area contributed by atoms with Gasteiger partial charge in [-0.2, -0.15) is 0 Å². The quantitative estimate of drug-likeness (QED) is 0.770. The highest BCUT2D eigenvalue weighted by atomic mass is 79.9. The lowest BCUT2D eigenvalue weighted by Gasteiger charge is -2.11. The van der Waals surface area contributed by atoms with E-state index < -0.39 is 0 Å². The second-order valence-corrected chi connectivity index (χ2v) is 3.57. The smallest absolute Gasteiger partial charge is 0.0797 e. The van der Waals surface area contributed by atoms with Crippen LogP contribution in [0.3, 0.4) is 0 Å². The Morgan fingerprint density at radius 2 is 2.25 bits per heavy atom. The van der Waals surface area contributed by atoms with Crippen molar-refractivity contribution in [2.75, 3.05) is 6.61 Å². The average Bonchev–Trinajstić information content (AvgIpc) is 2.05. The van der Waals surface area contributed by atoms with Crippen molar-refractivity contribution in [3.63, 3.8) is 0 Å². The molecule has 0 saturated carbocycles. The van der Waals surface area contributed by atoms with Gasteiger partial charge in [-0.15, -0.1) is 0 Å². The molecule has 0 fully saturated rings. The first kappa shape index (κ1) is 9.75. The molecule has 0 saturated heterocycles.